The molecule has 4 nitrogen and oxygen atoms in total. The molecule has 1 amide bonds. The number of carbonyl (C=O) groups is 1. The second kappa shape index (κ2) is 7.67. The number of nitrogens with zero attached hydrogens (tertiary/aromatic N) is 1. The van der Waals surface area contributed by atoms with Crippen molar-refractivity contribution in [3.05, 3.63) is 101 Å². The zero-order chi connectivity index (χ0) is 21.3. The number of carbonyl (C=O) groups excluding carboxylic acids is 1. The second-order valence-corrected chi connectivity index (χ2v) is 6.99. The molecular weight excluding hydrogens is 391 g/mol. The van der Waals surface area contributed by atoms with Crippen molar-refractivity contribution in [1.29, 1.82) is 0 Å². The van der Waals surface area contributed by atoms with Crippen LogP contribution in [0.25, 0.3) is 11.0 Å². The van der Waals surface area contributed by atoms with Crippen LogP contribution in [0.5, 0.6) is 0 Å². The molecule has 1 heterocycles. The van der Waals surface area contributed by atoms with Crippen LogP contribution in [0.3, 0.4) is 0 Å². The first kappa shape index (κ1) is 19.7. The smallest absolute Gasteiger partial charge is 0.341 e. The van der Waals surface area contributed by atoms with Crippen LogP contribution < -0.4 is 5.32 Å². The van der Waals surface area contributed by atoms with Crippen LogP contribution in [0.1, 0.15) is 38.9 Å². The highest BCUT2D eigenvalue weighted by Gasteiger charge is 2.34. The van der Waals surface area contributed by atoms with E-state index in [0.29, 0.717) is 11.1 Å². The predicted octanol–water partition coefficient (Wildman–Crippen LogP) is 5.41. The lowest BCUT2D eigenvalue weighted by atomic mass is 9.97. The molecule has 0 fully saturated rings. The van der Waals surface area contributed by atoms with E-state index in [9.17, 15) is 18.0 Å². The van der Waals surface area contributed by atoms with E-state index in [2.05, 4.69) is 15.3 Å². The van der Waals surface area contributed by atoms with Crippen LogP contribution in [0.2, 0.25) is 0 Å². The number of aryl methyl sites for hydroxylation is 1. The maximum Gasteiger partial charge on any atom is 0.449 e. The molecule has 2 N–H and O–H groups in total. The number of benzene rings is 3. The Balaban J connectivity index is 1.75. The van der Waals surface area contributed by atoms with Gasteiger partial charge in [-0.3, -0.25) is 4.79 Å². The number of aromatic nitrogens is 2. The lowest BCUT2D eigenvalue weighted by Crippen LogP contribution is -2.29. The first-order valence-corrected chi connectivity index (χ1v) is 9.31. The highest BCUT2D eigenvalue weighted by Crippen LogP contribution is 2.30. The minimum absolute atomic E-state index is 0.211. The molecule has 0 spiro atoms. The van der Waals surface area contributed by atoms with E-state index >= 15 is 0 Å². The number of aromatic amines is 1. The van der Waals surface area contributed by atoms with Gasteiger partial charge in [-0.05, 0) is 41.8 Å². The molecule has 0 aliphatic carbocycles. The van der Waals surface area contributed by atoms with Gasteiger partial charge >= 0.3 is 6.18 Å². The first-order valence-electron chi connectivity index (χ1n) is 9.31. The van der Waals surface area contributed by atoms with Crippen molar-refractivity contribution in [2.24, 2.45) is 0 Å². The van der Waals surface area contributed by atoms with E-state index in [1.54, 1.807) is 24.3 Å². The molecule has 0 saturated heterocycles. The van der Waals surface area contributed by atoms with Gasteiger partial charge in [0.25, 0.3) is 5.91 Å². The maximum atomic E-state index is 13.0. The number of imidazole rings is 1. The van der Waals surface area contributed by atoms with E-state index < -0.39 is 18.0 Å². The van der Waals surface area contributed by atoms with Crippen LogP contribution in [0.15, 0.2) is 72.8 Å². The van der Waals surface area contributed by atoms with Gasteiger partial charge in [-0.25, -0.2) is 4.98 Å². The molecule has 3 aromatic carbocycles. The normalized spacial score (nSPS) is 12.7. The van der Waals surface area contributed by atoms with Crippen molar-refractivity contribution in [1.82, 2.24) is 15.3 Å². The SMILES string of the molecule is Cc1ccccc1C(=O)NC(c1ccccc1)c1ccc2nc(C(F)(F)F)[nH]c2c1. The number of alkyl halides is 3. The largest absolute Gasteiger partial charge is 0.449 e. The average molecular weight is 409 g/mol. The Bertz CT molecular complexity index is 1200. The molecule has 30 heavy (non-hydrogen) atoms. The summed E-state index contributed by atoms with van der Waals surface area (Å²) in [6.45, 7) is 1.85. The third kappa shape index (κ3) is 3.91. The Kier molecular flexibility index (Phi) is 5.03. The zero-order valence-electron chi connectivity index (χ0n) is 16.0. The van der Waals surface area contributed by atoms with Crippen molar-refractivity contribution >= 4 is 16.9 Å². The maximum absolute atomic E-state index is 13.0. The summed E-state index contributed by atoms with van der Waals surface area (Å²) >= 11 is 0. The number of amides is 1. The lowest BCUT2D eigenvalue weighted by Gasteiger charge is -2.20. The Morgan fingerprint density at radius 2 is 1.67 bits per heavy atom. The standard InChI is InChI=1S/C23H18F3N3O/c1-14-7-5-6-10-17(14)21(30)29-20(15-8-3-2-4-9-15)16-11-12-18-19(13-16)28-22(27-18)23(24,25)26/h2-13,20H,1H3,(H,27,28)(H,29,30). The third-order valence-corrected chi connectivity index (χ3v) is 4.91. The molecular formula is C23H18F3N3O. The summed E-state index contributed by atoms with van der Waals surface area (Å²) in [5.41, 5.74) is 3.30. The monoisotopic (exact) mass is 409 g/mol. The molecule has 152 valence electrons. The van der Waals surface area contributed by atoms with Crippen LogP contribution in [-0.4, -0.2) is 15.9 Å². The van der Waals surface area contributed by atoms with Crippen LogP contribution >= 0.6 is 0 Å². The number of fused-ring (bicyclic) bond motifs is 1. The van der Waals surface area contributed by atoms with Gasteiger partial charge in [0.05, 0.1) is 17.1 Å². The van der Waals surface area contributed by atoms with Crippen molar-refractivity contribution in [2.75, 3.05) is 0 Å². The molecule has 7 heteroatoms. The molecule has 0 aliphatic rings. The summed E-state index contributed by atoms with van der Waals surface area (Å²) in [4.78, 5) is 18.9. The lowest BCUT2D eigenvalue weighted by molar-refractivity contribution is -0.144. The highest BCUT2D eigenvalue weighted by atomic mass is 19.4. The molecule has 0 radical (unpaired) electrons. The van der Waals surface area contributed by atoms with Gasteiger partial charge in [0, 0.05) is 5.56 Å². The summed E-state index contributed by atoms with van der Waals surface area (Å²) in [5, 5.41) is 3.01. The van der Waals surface area contributed by atoms with Crippen LogP contribution in [-0.2, 0) is 6.18 Å². The molecule has 0 saturated carbocycles. The van der Waals surface area contributed by atoms with E-state index in [1.807, 2.05) is 49.4 Å². The van der Waals surface area contributed by atoms with Gasteiger partial charge in [0.1, 0.15) is 0 Å². The van der Waals surface area contributed by atoms with Crippen LogP contribution in [0.4, 0.5) is 13.2 Å². The molecule has 0 aliphatic heterocycles. The third-order valence-electron chi connectivity index (χ3n) is 4.91. The summed E-state index contributed by atoms with van der Waals surface area (Å²) in [6.07, 6.45) is -4.56. The zero-order valence-corrected chi connectivity index (χ0v) is 16.0. The topological polar surface area (TPSA) is 57.8 Å². The molecule has 1 aromatic heterocycles. The number of hydrogen-bond donors (Lipinski definition) is 2. The second-order valence-electron chi connectivity index (χ2n) is 6.99. The molecule has 4 rings (SSSR count). The molecule has 0 bridgehead atoms. The number of hydrogen-bond acceptors (Lipinski definition) is 2. The van der Waals surface area contributed by atoms with Gasteiger partial charge in [-0.2, -0.15) is 13.2 Å². The Morgan fingerprint density at radius 1 is 0.967 bits per heavy atom. The van der Waals surface area contributed by atoms with Gasteiger partial charge in [0.2, 0.25) is 5.82 Å². The minimum Gasteiger partial charge on any atom is -0.341 e. The van der Waals surface area contributed by atoms with Crippen LogP contribution in [0, 0.1) is 6.92 Å². The van der Waals surface area contributed by atoms with Gasteiger partial charge < -0.3 is 10.3 Å². The molecule has 1 atom stereocenters. The number of H-pyrrole nitrogens is 1. The summed E-state index contributed by atoms with van der Waals surface area (Å²) < 4.78 is 39.0. The summed E-state index contributed by atoms with van der Waals surface area (Å²) in [5.74, 6) is -1.31. The Hall–Kier alpha value is -3.61. The number of halogens is 3. The number of rotatable bonds is 4. The molecule has 4 aromatic rings. The van der Waals surface area contributed by atoms with Crippen molar-refractivity contribution in [2.45, 2.75) is 19.1 Å². The molecule has 1 unspecified atom stereocenters. The Labute approximate surface area is 170 Å². The van der Waals surface area contributed by atoms with E-state index in [1.165, 1.54) is 6.07 Å². The fourth-order valence-electron chi connectivity index (χ4n) is 3.38. The fourth-order valence-corrected chi connectivity index (χ4v) is 3.38. The van der Waals surface area contributed by atoms with Gasteiger partial charge in [-0.15, -0.1) is 0 Å². The Morgan fingerprint density at radius 3 is 2.37 bits per heavy atom. The fraction of sp³-hybridized carbons (Fsp3) is 0.130. The first-order chi connectivity index (χ1) is 14.3. The van der Waals surface area contributed by atoms with Crippen molar-refractivity contribution in [3.63, 3.8) is 0 Å². The summed E-state index contributed by atoms with van der Waals surface area (Å²) in [6, 6.07) is 20.7. The van der Waals surface area contributed by atoms with E-state index in [0.717, 1.165) is 11.1 Å². The average Bonchev–Trinajstić information content (AvgIpc) is 3.17. The van der Waals surface area contributed by atoms with Gasteiger partial charge in [0.15, 0.2) is 0 Å². The van der Waals surface area contributed by atoms with Gasteiger partial charge in [-0.1, -0.05) is 54.6 Å². The number of nitrogens with one attached hydrogen (secondary N) is 2. The quantitative estimate of drug-likeness (QED) is 0.474. The van der Waals surface area contributed by atoms with Crippen molar-refractivity contribution in [3.8, 4) is 0 Å². The minimum atomic E-state index is -4.56. The van der Waals surface area contributed by atoms with Crippen molar-refractivity contribution < 1.29 is 18.0 Å². The predicted molar refractivity (Wildman–Crippen MR) is 108 cm³/mol. The highest BCUT2D eigenvalue weighted by molar-refractivity contribution is 5.96. The van der Waals surface area contributed by atoms with E-state index in [-0.39, 0.29) is 16.9 Å². The van der Waals surface area contributed by atoms with E-state index in [4.69, 9.17) is 0 Å². The summed E-state index contributed by atoms with van der Waals surface area (Å²) in [7, 11) is 0.